The van der Waals surface area contributed by atoms with Gasteiger partial charge in [0.25, 0.3) is 0 Å². The largest absolute Gasteiger partial charge is 0.323 e. The molecule has 0 aromatic heterocycles. The van der Waals surface area contributed by atoms with Crippen LogP contribution in [0, 0.1) is 18.6 Å². The third kappa shape index (κ3) is 5.14. The van der Waals surface area contributed by atoms with E-state index in [4.69, 9.17) is 0 Å². The molecule has 1 amide bonds. The van der Waals surface area contributed by atoms with Gasteiger partial charge in [0.05, 0.1) is 11.4 Å². The number of hydrogen-bond acceptors (Lipinski definition) is 3. The van der Waals surface area contributed by atoms with Gasteiger partial charge in [-0.25, -0.2) is 17.2 Å². The molecule has 1 N–H and O–H groups in total. The Morgan fingerprint density at radius 3 is 2.35 bits per heavy atom. The first-order valence-corrected chi connectivity index (χ1v) is 8.58. The van der Waals surface area contributed by atoms with E-state index in [0.717, 1.165) is 17.7 Å². The fourth-order valence-electron chi connectivity index (χ4n) is 1.97. The number of nitrogens with one attached hydrogen (secondary N) is 1. The minimum atomic E-state index is -3.70. The maximum atomic E-state index is 13.4. The van der Waals surface area contributed by atoms with Crippen LogP contribution in [0.25, 0.3) is 0 Å². The van der Waals surface area contributed by atoms with E-state index in [-0.39, 0.29) is 11.4 Å². The number of halogens is 2. The first-order valence-electron chi connectivity index (χ1n) is 6.76. The van der Waals surface area contributed by atoms with Gasteiger partial charge in [-0.2, -0.15) is 0 Å². The van der Waals surface area contributed by atoms with E-state index < -0.39 is 33.1 Å². The highest BCUT2D eigenvalue weighted by atomic mass is 32.2. The second-order valence-electron chi connectivity index (χ2n) is 5.19. The van der Waals surface area contributed by atoms with Crippen LogP contribution in [0.3, 0.4) is 0 Å². The number of carbonyl (C=O) groups is 1. The molecule has 0 fully saturated rings. The van der Waals surface area contributed by atoms with Crippen LogP contribution in [0.4, 0.5) is 14.5 Å². The molecule has 4 nitrogen and oxygen atoms in total. The first kappa shape index (κ1) is 17.1. The van der Waals surface area contributed by atoms with Gasteiger partial charge in [-0.3, -0.25) is 4.79 Å². The summed E-state index contributed by atoms with van der Waals surface area (Å²) in [4.78, 5) is 11.8. The molecular formula is C16H15F2NO3S. The Balaban J connectivity index is 2.02. The third-order valence-corrected chi connectivity index (χ3v) is 4.54. The molecule has 0 spiro atoms. The lowest BCUT2D eigenvalue weighted by Crippen LogP contribution is -2.24. The molecule has 0 saturated heterocycles. The molecule has 0 radical (unpaired) electrons. The van der Waals surface area contributed by atoms with E-state index in [1.54, 1.807) is 24.3 Å². The van der Waals surface area contributed by atoms with Gasteiger partial charge in [-0.05, 0) is 24.6 Å². The average molecular weight is 339 g/mol. The number of carbonyl (C=O) groups excluding carboxylic acids is 1. The van der Waals surface area contributed by atoms with Crippen LogP contribution < -0.4 is 5.32 Å². The summed E-state index contributed by atoms with van der Waals surface area (Å²) in [7, 11) is -3.70. The molecule has 0 saturated carbocycles. The highest BCUT2D eigenvalue weighted by molar-refractivity contribution is 7.91. The topological polar surface area (TPSA) is 63.2 Å². The quantitative estimate of drug-likeness (QED) is 0.911. The van der Waals surface area contributed by atoms with Gasteiger partial charge in [0.1, 0.15) is 17.4 Å². The molecule has 7 heteroatoms. The van der Waals surface area contributed by atoms with Crippen LogP contribution >= 0.6 is 0 Å². The number of hydrogen-bond donors (Lipinski definition) is 1. The van der Waals surface area contributed by atoms with Crippen LogP contribution in [-0.2, 0) is 20.4 Å². The van der Waals surface area contributed by atoms with Crippen molar-refractivity contribution in [2.75, 3.05) is 11.1 Å². The first-order chi connectivity index (χ1) is 10.7. The highest BCUT2D eigenvalue weighted by Crippen LogP contribution is 2.15. The molecule has 2 aromatic rings. The number of rotatable bonds is 5. The van der Waals surface area contributed by atoms with Crippen molar-refractivity contribution in [2.24, 2.45) is 0 Å². The summed E-state index contributed by atoms with van der Waals surface area (Å²) in [5.41, 5.74) is 1.30. The fourth-order valence-corrected chi connectivity index (χ4v) is 3.24. The van der Waals surface area contributed by atoms with E-state index in [0.29, 0.717) is 11.6 Å². The SMILES string of the molecule is Cc1ccc(CS(=O)(=O)CC(=O)Nc2ccc(F)cc2F)cc1. The summed E-state index contributed by atoms with van der Waals surface area (Å²) in [6.45, 7) is 1.88. The normalized spacial score (nSPS) is 11.3. The van der Waals surface area contributed by atoms with E-state index in [2.05, 4.69) is 5.32 Å². The summed E-state index contributed by atoms with van der Waals surface area (Å²) in [6.07, 6.45) is 0. The van der Waals surface area contributed by atoms with Crippen LogP contribution in [0.1, 0.15) is 11.1 Å². The van der Waals surface area contributed by atoms with Crippen LogP contribution in [0.15, 0.2) is 42.5 Å². The molecule has 2 aromatic carbocycles. The lowest BCUT2D eigenvalue weighted by atomic mass is 10.2. The van der Waals surface area contributed by atoms with E-state index in [1.807, 2.05) is 6.92 Å². The number of benzene rings is 2. The molecular weight excluding hydrogens is 324 g/mol. The zero-order valence-corrected chi connectivity index (χ0v) is 13.2. The summed E-state index contributed by atoms with van der Waals surface area (Å²) < 4.78 is 50.2. The highest BCUT2D eigenvalue weighted by Gasteiger charge is 2.18. The maximum absolute atomic E-state index is 13.4. The second-order valence-corrected chi connectivity index (χ2v) is 7.25. The van der Waals surface area contributed by atoms with Gasteiger partial charge in [0, 0.05) is 6.07 Å². The molecule has 0 aliphatic heterocycles. The van der Waals surface area contributed by atoms with Crippen LogP contribution in [0.2, 0.25) is 0 Å². The second kappa shape index (κ2) is 6.87. The van der Waals surface area contributed by atoms with Gasteiger partial charge in [-0.15, -0.1) is 0 Å². The summed E-state index contributed by atoms with van der Waals surface area (Å²) in [5, 5.41) is 2.13. The zero-order valence-electron chi connectivity index (χ0n) is 12.3. The smallest absolute Gasteiger partial charge is 0.239 e. The minimum Gasteiger partial charge on any atom is -0.323 e. The molecule has 0 heterocycles. The van der Waals surface area contributed by atoms with Gasteiger partial charge >= 0.3 is 0 Å². The van der Waals surface area contributed by atoms with Crippen molar-refractivity contribution in [3.63, 3.8) is 0 Å². The number of sulfone groups is 1. The molecule has 0 unspecified atom stereocenters. The molecule has 0 bridgehead atoms. The van der Waals surface area contributed by atoms with Crippen molar-refractivity contribution in [3.05, 3.63) is 65.2 Å². The van der Waals surface area contributed by atoms with Gasteiger partial charge < -0.3 is 5.32 Å². The molecule has 0 aliphatic rings. The molecule has 23 heavy (non-hydrogen) atoms. The lowest BCUT2D eigenvalue weighted by Gasteiger charge is -2.08. The Morgan fingerprint density at radius 1 is 1.09 bits per heavy atom. The Labute approximate surface area is 133 Å². The van der Waals surface area contributed by atoms with Crippen LogP contribution in [-0.4, -0.2) is 20.1 Å². The van der Waals surface area contributed by atoms with E-state index >= 15 is 0 Å². The predicted octanol–water partition coefficient (Wildman–Crippen LogP) is 2.83. The standard InChI is InChI=1S/C16H15F2NO3S/c1-11-2-4-12(5-3-11)9-23(21,22)10-16(20)19-15-7-6-13(17)8-14(15)18/h2-8H,9-10H2,1H3,(H,19,20). The van der Waals surface area contributed by atoms with Crippen molar-refractivity contribution < 1.29 is 22.0 Å². The summed E-state index contributed by atoms with van der Waals surface area (Å²) in [6, 6.07) is 9.51. The number of aryl methyl sites for hydroxylation is 1. The number of amides is 1. The number of anilines is 1. The molecule has 0 atom stereocenters. The summed E-state index contributed by atoms with van der Waals surface area (Å²) in [5.74, 6) is -3.69. The Bertz CT molecular complexity index is 818. The van der Waals surface area contributed by atoms with Crippen molar-refractivity contribution in [2.45, 2.75) is 12.7 Å². The van der Waals surface area contributed by atoms with Crippen molar-refractivity contribution in [1.29, 1.82) is 0 Å². The molecule has 122 valence electrons. The molecule has 0 aliphatic carbocycles. The third-order valence-electron chi connectivity index (χ3n) is 3.06. The lowest BCUT2D eigenvalue weighted by molar-refractivity contribution is -0.113. The van der Waals surface area contributed by atoms with E-state index in [9.17, 15) is 22.0 Å². The van der Waals surface area contributed by atoms with Crippen molar-refractivity contribution >= 4 is 21.4 Å². The Hall–Kier alpha value is -2.28. The minimum absolute atomic E-state index is 0.262. The monoisotopic (exact) mass is 339 g/mol. The van der Waals surface area contributed by atoms with E-state index in [1.165, 1.54) is 0 Å². The van der Waals surface area contributed by atoms with Crippen molar-refractivity contribution in [1.82, 2.24) is 0 Å². The maximum Gasteiger partial charge on any atom is 0.239 e. The fraction of sp³-hybridized carbons (Fsp3) is 0.188. The molecule has 2 rings (SSSR count). The Morgan fingerprint density at radius 2 is 1.74 bits per heavy atom. The average Bonchev–Trinajstić information content (AvgIpc) is 2.43. The van der Waals surface area contributed by atoms with Crippen molar-refractivity contribution in [3.8, 4) is 0 Å². The Kier molecular flexibility index (Phi) is 5.10. The van der Waals surface area contributed by atoms with Crippen LogP contribution in [0.5, 0.6) is 0 Å². The van der Waals surface area contributed by atoms with Gasteiger partial charge in [0.15, 0.2) is 9.84 Å². The van der Waals surface area contributed by atoms with Gasteiger partial charge in [0.2, 0.25) is 5.91 Å². The zero-order chi connectivity index (χ0) is 17.0. The summed E-state index contributed by atoms with van der Waals surface area (Å²) >= 11 is 0. The predicted molar refractivity (Wildman–Crippen MR) is 83.7 cm³/mol. The van der Waals surface area contributed by atoms with Gasteiger partial charge in [-0.1, -0.05) is 29.8 Å².